The molecule has 0 amide bonds. The van der Waals surface area contributed by atoms with E-state index in [1.807, 2.05) is 0 Å². The first-order valence-electron chi connectivity index (χ1n) is 7.48. The molecule has 3 nitrogen and oxygen atoms in total. The molecule has 0 heterocycles. The highest BCUT2D eigenvalue weighted by Gasteiger charge is 2.22. The van der Waals surface area contributed by atoms with Gasteiger partial charge in [0.05, 0.1) is 6.61 Å². The van der Waals surface area contributed by atoms with Crippen LogP contribution in [0.4, 0.5) is 0 Å². The first-order chi connectivity index (χ1) is 9.49. The maximum absolute atomic E-state index is 6.01. The number of hydrogen-bond acceptors (Lipinski definition) is 3. The topological polar surface area (TPSA) is 30.5 Å². The van der Waals surface area contributed by atoms with Gasteiger partial charge < -0.3 is 14.8 Å². The number of benzene rings is 1. The first kappa shape index (κ1) is 15.3. The zero-order chi connectivity index (χ0) is 14.6. The lowest BCUT2D eigenvalue weighted by atomic mass is 9.87. The third-order valence-corrected chi connectivity index (χ3v) is 3.59. The second-order valence-electron chi connectivity index (χ2n) is 6.65. The molecule has 3 heteroatoms. The van der Waals surface area contributed by atoms with Gasteiger partial charge in [0.2, 0.25) is 0 Å². The summed E-state index contributed by atoms with van der Waals surface area (Å²) >= 11 is 0. The summed E-state index contributed by atoms with van der Waals surface area (Å²) in [7, 11) is 1.72. The SMILES string of the molecule is COCC(CNC1CC1)Oc1ccc(C(C)(C)C)cc1. The van der Waals surface area contributed by atoms with Gasteiger partial charge in [0.25, 0.3) is 0 Å². The van der Waals surface area contributed by atoms with Gasteiger partial charge in [-0.05, 0) is 36.0 Å². The molecular weight excluding hydrogens is 250 g/mol. The van der Waals surface area contributed by atoms with Gasteiger partial charge in [-0.3, -0.25) is 0 Å². The van der Waals surface area contributed by atoms with E-state index in [2.05, 4.69) is 50.4 Å². The van der Waals surface area contributed by atoms with Gasteiger partial charge in [0.1, 0.15) is 11.9 Å². The zero-order valence-electron chi connectivity index (χ0n) is 13.1. The molecule has 0 radical (unpaired) electrons. The maximum atomic E-state index is 6.01. The largest absolute Gasteiger partial charge is 0.487 e. The Hall–Kier alpha value is -1.06. The predicted molar refractivity (Wildman–Crippen MR) is 82.5 cm³/mol. The van der Waals surface area contributed by atoms with E-state index in [9.17, 15) is 0 Å². The van der Waals surface area contributed by atoms with Crippen molar-refractivity contribution in [2.24, 2.45) is 0 Å². The summed E-state index contributed by atoms with van der Waals surface area (Å²) in [6.45, 7) is 8.11. The minimum Gasteiger partial charge on any atom is -0.487 e. The number of nitrogens with one attached hydrogen (secondary N) is 1. The Morgan fingerprint density at radius 1 is 1.20 bits per heavy atom. The van der Waals surface area contributed by atoms with Gasteiger partial charge in [-0.15, -0.1) is 0 Å². The van der Waals surface area contributed by atoms with Gasteiger partial charge in [0.15, 0.2) is 0 Å². The van der Waals surface area contributed by atoms with Crippen molar-refractivity contribution in [2.45, 2.75) is 51.2 Å². The summed E-state index contributed by atoms with van der Waals surface area (Å²) in [6.07, 6.45) is 2.65. The molecule has 1 unspecified atom stereocenters. The van der Waals surface area contributed by atoms with Crippen LogP contribution in [-0.2, 0) is 10.2 Å². The van der Waals surface area contributed by atoms with Crippen LogP contribution in [0.1, 0.15) is 39.2 Å². The summed E-state index contributed by atoms with van der Waals surface area (Å²) in [5.41, 5.74) is 1.50. The summed E-state index contributed by atoms with van der Waals surface area (Å²) in [6, 6.07) is 9.10. The number of rotatable bonds is 7. The molecule has 1 atom stereocenters. The third-order valence-electron chi connectivity index (χ3n) is 3.59. The van der Waals surface area contributed by atoms with Crippen LogP contribution >= 0.6 is 0 Å². The fourth-order valence-electron chi connectivity index (χ4n) is 2.13. The Kier molecular flexibility index (Phi) is 5.06. The van der Waals surface area contributed by atoms with Crippen LogP contribution in [-0.4, -0.2) is 32.4 Å². The summed E-state index contributed by atoms with van der Waals surface area (Å²) in [5, 5.41) is 3.49. The molecule has 1 fully saturated rings. The highest BCUT2D eigenvalue weighted by molar-refractivity contribution is 5.31. The van der Waals surface area contributed by atoms with Crippen molar-refractivity contribution in [3.05, 3.63) is 29.8 Å². The lowest BCUT2D eigenvalue weighted by Crippen LogP contribution is -2.35. The van der Waals surface area contributed by atoms with E-state index in [1.54, 1.807) is 7.11 Å². The number of ether oxygens (including phenoxy) is 2. The van der Waals surface area contributed by atoms with E-state index >= 15 is 0 Å². The normalized spacial score (nSPS) is 17.0. The van der Waals surface area contributed by atoms with Crippen molar-refractivity contribution >= 4 is 0 Å². The van der Waals surface area contributed by atoms with Crippen molar-refractivity contribution in [2.75, 3.05) is 20.3 Å². The monoisotopic (exact) mass is 277 g/mol. The molecule has 1 aromatic rings. The van der Waals surface area contributed by atoms with E-state index in [0.717, 1.165) is 12.3 Å². The molecule has 112 valence electrons. The zero-order valence-corrected chi connectivity index (χ0v) is 13.1. The van der Waals surface area contributed by atoms with E-state index in [4.69, 9.17) is 9.47 Å². The fraction of sp³-hybridized carbons (Fsp3) is 0.647. The predicted octanol–water partition coefficient (Wildman–Crippen LogP) is 3.13. The molecule has 1 N–H and O–H groups in total. The Morgan fingerprint density at radius 3 is 2.35 bits per heavy atom. The number of hydrogen-bond donors (Lipinski definition) is 1. The second-order valence-corrected chi connectivity index (χ2v) is 6.65. The molecule has 0 saturated heterocycles. The summed E-state index contributed by atoms with van der Waals surface area (Å²) in [5.74, 6) is 0.914. The fourth-order valence-corrected chi connectivity index (χ4v) is 2.13. The standard InChI is InChI=1S/C17H27NO2/c1-17(2,3)13-5-9-15(10-6-13)20-16(12-19-4)11-18-14-7-8-14/h5-6,9-10,14,16,18H,7-8,11-12H2,1-4H3. The maximum Gasteiger partial charge on any atom is 0.134 e. The van der Waals surface area contributed by atoms with Crippen molar-refractivity contribution < 1.29 is 9.47 Å². The van der Waals surface area contributed by atoms with Crippen molar-refractivity contribution in [1.82, 2.24) is 5.32 Å². The van der Waals surface area contributed by atoms with Crippen LogP contribution in [0.25, 0.3) is 0 Å². The van der Waals surface area contributed by atoms with Crippen LogP contribution in [0, 0.1) is 0 Å². The van der Waals surface area contributed by atoms with Crippen molar-refractivity contribution in [3.8, 4) is 5.75 Å². The molecule has 0 bridgehead atoms. The lowest BCUT2D eigenvalue weighted by Gasteiger charge is -2.21. The Balaban J connectivity index is 1.91. The summed E-state index contributed by atoms with van der Waals surface area (Å²) in [4.78, 5) is 0. The quantitative estimate of drug-likeness (QED) is 0.830. The van der Waals surface area contributed by atoms with Crippen molar-refractivity contribution in [3.63, 3.8) is 0 Å². The van der Waals surface area contributed by atoms with Crippen LogP contribution in [0.5, 0.6) is 5.75 Å². The summed E-state index contributed by atoms with van der Waals surface area (Å²) < 4.78 is 11.3. The Morgan fingerprint density at radius 2 is 1.85 bits per heavy atom. The molecule has 0 spiro atoms. The molecule has 1 saturated carbocycles. The minimum atomic E-state index is 0.0705. The number of methoxy groups -OCH3 is 1. The first-order valence-corrected chi connectivity index (χ1v) is 7.48. The lowest BCUT2D eigenvalue weighted by molar-refractivity contribution is 0.0804. The van der Waals surface area contributed by atoms with E-state index in [0.29, 0.717) is 12.6 Å². The average molecular weight is 277 g/mol. The van der Waals surface area contributed by atoms with Crippen LogP contribution < -0.4 is 10.1 Å². The smallest absolute Gasteiger partial charge is 0.134 e. The van der Waals surface area contributed by atoms with E-state index < -0.39 is 0 Å². The minimum absolute atomic E-state index is 0.0705. The van der Waals surface area contributed by atoms with Crippen LogP contribution in [0.3, 0.4) is 0 Å². The second kappa shape index (κ2) is 6.59. The van der Waals surface area contributed by atoms with Gasteiger partial charge in [-0.1, -0.05) is 32.9 Å². The third kappa shape index (κ3) is 4.80. The molecule has 2 rings (SSSR count). The average Bonchev–Trinajstić information content (AvgIpc) is 3.20. The van der Waals surface area contributed by atoms with E-state index in [-0.39, 0.29) is 11.5 Å². The molecular formula is C17H27NO2. The van der Waals surface area contributed by atoms with Crippen LogP contribution in [0.2, 0.25) is 0 Å². The molecule has 0 aromatic heterocycles. The molecule has 0 aliphatic heterocycles. The van der Waals surface area contributed by atoms with Gasteiger partial charge >= 0.3 is 0 Å². The highest BCUT2D eigenvalue weighted by Crippen LogP contribution is 2.25. The Bertz CT molecular complexity index is 404. The van der Waals surface area contributed by atoms with Gasteiger partial charge in [-0.25, -0.2) is 0 Å². The van der Waals surface area contributed by atoms with Gasteiger partial charge in [-0.2, -0.15) is 0 Å². The molecule has 1 aromatic carbocycles. The van der Waals surface area contributed by atoms with Gasteiger partial charge in [0, 0.05) is 19.7 Å². The molecule has 1 aliphatic carbocycles. The van der Waals surface area contributed by atoms with E-state index in [1.165, 1.54) is 18.4 Å². The van der Waals surface area contributed by atoms with Crippen LogP contribution in [0.15, 0.2) is 24.3 Å². The van der Waals surface area contributed by atoms with Crippen molar-refractivity contribution in [1.29, 1.82) is 0 Å². The molecule has 20 heavy (non-hydrogen) atoms. The highest BCUT2D eigenvalue weighted by atomic mass is 16.5. The molecule has 1 aliphatic rings. The Labute approximate surface area is 122 Å².